The van der Waals surface area contributed by atoms with Crippen molar-refractivity contribution in [2.45, 2.75) is 20.3 Å². The van der Waals surface area contributed by atoms with Gasteiger partial charge in [0.25, 0.3) is 0 Å². The molecule has 0 fully saturated rings. The fourth-order valence-electron chi connectivity index (χ4n) is 1.96. The molecule has 0 bridgehead atoms. The van der Waals surface area contributed by atoms with Gasteiger partial charge in [0, 0.05) is 0 Å². The molecule has 0 aliphatic heterocycles. The lowest BCUT2D eigenvalue weighted by atomic mass is 9.96. The van der Waals surface area contributed by atoms with Crippen molar-refractivity contribution in [3.63, 3.8) is 0 Å². The third-order valence-corrected chi connectivity index (χ3v) is 3.15. The average molecular weight is 221 g/mol. The van der Waals surface area contributed by atoms with E-state index in [-0.39, 0.29) is 0 Å². The van der Waals surface area contributed by atoms with E-state index in [1.54, 1.807) is 0 Å². The summed E-state index contributed by atoms with van der Waals surface area (Å²) in [6.45, 7) is 4.27. The zero-order chi connectivity index (χ0) is 12.3. The average Bonchev–Trinajstić information content (AvgIpc) is 2.34. The molecule has 0 atom stereocenters. The Morgan fingerprint density at radius 3 is 2.35 bits per heavy atom. The second kappa shape index (κ2) is 4.84. The summed E-state index contributed by atoms with van der Waals surface area (Å²) in [6, 6.07) is 16.8. The molecule has 17 heavy (non-hydrogen) atoms. The van der Waals surface area contributed by atoms with Gasteiger partial charge in [-0.3, -0.25) is 0 Å². The van der Waals surface area contributed by atoms with Gasteiger partial charge in [0.2, 0.25) is 0 Å². The molecular weight excluding hydrogens is 206 g/mol. The molecule has 1 nitrogen and oxygen atoms in total. The number of nitrogens with zero attached hydrogens (tertiary/aromatic N) is 1. The molecule has 0 amide bonds. The van der Waals surface area contributed by atoms with Gasteiger partial charge in [-0.2, -0.15) is 5.26 Å². The summed E-state index contributed by atoms with van der Waals surface area (Å²) in [5.74, 6) is 0. The van der Waals surface area contributed by atoms with Crippen LogP contribution in [0.2, 0.25) is 0 Å². The summed E-state index contributed by atoms with van der Waals surface area (Å²) >= 11 is 0. The Morgan fingerprint density at radius 1 is 1.00 bits per heavy atom. The third kappa shape index (κ3) is 2.37. The van der Waals surface area contributed by atoms with Crippen LogP contribution in [-0.4, -0.2) is 0 Å². The SMILES string of the molecule is Cc1cccc(-c2ccc(CC#N)cc2)c1C. The van der Waals surface area contributed by atoms with E-state index >= 15 is 0 Å². The van der Waals surface area contributed by atoms with Gasteiger partial charge in [0.1, 0.15) is 0 Å². The molecule has 84 valence electrons. The molecular formula is C16H15N. The van der Waals surface area contributed by atoms with Gasteiger partial charge in [-0.1, -0.05) is 42.5 Å². The molecule has 0 spiro atoms. The molecule has 2 aromatic carbocycles. The smallest absolute Gasteiger partial charge is 0.0669 e. The molecule has 1 heteroatoms. The van der Waals surface area contributed by atoms with Gasteiger partial charge >= 0.3 is 0 Å². The Kier molecular flexibility index (Phi) is 3.25. The molecule has 0 radical (unpaired) electrons. The van der Waals surface area contributed by atoms with Crippen LogP contribution in [0.1, 0.15) is 16.7 Å². The number of rotatable bonds is 2. The van der Waals surface area contributed by atoms with Gasteiger partial charge in [-0.25, -0.2) is 0 Å². The third-order valence-electron chi connectivity index (χ3n) is 3.15. The van der Waals surface area contributed by atoms with Crippen LogP contribution in [0.25, 0.3) is 11.1 Å². The monoisotopic (exact) mass is 221 g/mol. The molecule has 2 rings (SSSR count). The zero-order valence-corrected chi connectivity index (χ0v) is 10.2. The van der Waals surface area contributed by atoms with Crippen LogP contribution in [0.15, 0.2) is 42.5 Å². The highest BCUT2D eigenvalue weighted by atomic mass is 14.2. The lowest BCUT2D eigenvalue weighted by Crippen LogP contribution is -1.88. The summed E-state index contributed by atoms with van der Waals surface area (Å²) < 4.78 is 0. The van der Waals surface area contributed by atoms with E-state index in [1.807, 2.05) is 12.1 Å². The van der Waals surface area contributed by atoms with E-state index < -0.39 is 0 Å². The molecule has 0 saturated carbocycles. The van der Waals surface area contributed by atoms with E-state index in [1.165, 1.54) is 22.3 Å². The van der Waals surface area contributed by atoms with Gasteiger partial charge in [0.15, 0.2) is 0 Å². The van der Waals surface area contributed by atoms with Crippen molar-refractivity contribution in [3.05, 3.63) is 59.2 Å². The fourth-order valence-corrected chi connectivity index (χ4v) is 1.96. The molecule has 0 aliphatic rings. The highest BCUT2D eigenvalue weighted by molar-refractivity contribution is 5.68. The van der Waals surface area contributed by atoms with Gasteiger partial charge < -0.3 is 0 Å². The summed E-state index contributed by atoms with van der Waals surface area (Å²) in [7, 11) is 0. The first kappa shape index (κ1) is 11.4. The number of hydrogen-bond acceptors (Lipinski definition) is 1. The Balaban J connectivity index is 2.41. The summed E-state index contributed by atoms with van der Waals surface area (Å²) in [4.78, 5) is 0. The van der Waals surface area contributed by atoms with Crippen molar-refractivity contribution >= 4 is 0 Å². The lowest BCUT2D eigenvalue weighted by Gasteiger charge is -2.09. The van der Waals surface area contributed by atoms with Crippen LogP contribution < -0.4 is 0 Å². The molecule has 2 aromatic rings. The van der Waals surface area contributed by atoms with E-state index in [4.69, 9.17) is 5.26 Å². The van der Waals surface area contributed by atoms with Gasteiger partial charge in [-0.15, -0.1) is 0 Å². The van der Waals surface area contributed by atoms with Crippen molar-refractivity contribution in [2.24, 2.45) is 0 Å². The first-order valence-electron chi connectivity index (χ1n) is 5.75. The maximum Gasteiger partial charge on any atom is 0.0669 e. The Hall–Kier alpha value is -2.07. The quantitative estimate of drug-likeness (QED) is 0.751. The summed E-state index contributed by atoms with van der Waals surface area (Å²) in [5, 5.41) is 8.64. The van der Waals surface area contributed by atoms with Crippen LogP contribution in [0.3, 0.4) is 0 Å². The zero-order valence-electron chi connectivity index (χ0n) is 10.2. The largest absolute Gasteiger partial charge is 0.198 e. The Morgan fingerprint density at radius 2 is 1.71 bits per heavy atom. The number of aryl methyl sites for hydroxylation is 1. The summed E-state index contributed by atoms with van der Waals surface area (Å²) in [6.07, 6.45) is 0.479. The van der Waals surface area contributed by atoms with Crippen LogP contribution in [0.4, 0.5) is 0 Å². The van der Waals surface area contributed by atoms with Crippen LogP contribution in [0, 0.1) is 25.2 Å². The normalized spacial score (nSPS) is 9.94. The fraction of sp³-hybridized carbons (Fsp3) is 0.188. The highest BCUT2D eigenvalue weighted by Crippen LogP contribution is 2.25. The molecule has 0 heterocycles. The predicted molar refractivity (Wildman–Crippen MR) is 70.7 cm³/mol. The van der Waals surface area contributed by atoms with E-state index in [2.05, 4.69) is 50.2 Å². The van der Waals surface area contributed by atoms with Crippen LogP contribution in [-0.2, 0) is 6.42 Å². The molecule has 0 saturated heterocycles. The summed E-state index contributed by atoms with van der Waals surface area (Å²) in [5.41, 5.74) is 6.19. The van der Waals surface area contributed by atoms with Crippen molar-refractivity contribution in [3.8, 4) is 17.2 Å². The Labute approximate surface area is 102 Å². The second-order valence-corrected chi connectivity index (χ2v) is 4.28. The number of hydrogen-bond donors (Lipinski definition) is 0. The van der Waals surface area contributed by atoms with Crippen molar-refractivity contribution in [1.82, 2.24) is 0 Å². The topological polar surface area (TPSA) is 23.8 Å². The first-order valence-corrected chi connectivity index (χ1v) is 5.75. The first-order chi connectivity index (χ1) is 8.22. The Bertz CT molecular complexity index is 559. The van der Waals surface area contributed by atoms with Gasteiger partial charge in [-0.05, 0) is 41.7 Å². The van der Waals surface area contributed by atoms with Crippen LogP contribution >= 0.6 is 0 Å². The highest BCUT2D eigenvalue weighted by Gasteiger charge is 2.03. The standard InChI is InChI=1S/C16H15N/c1-12-4-3-5-16(13(12)2)15-8-6-14(7-9-15)10-11-17/h3-9H,10H2,1-2H3. The molecule has 0 aromatic heterocycles. The van der Waals surface area contributed by atoms with Gasteiger partial charge in [0.05, 0.1) is 12.5 Å². The van der Waals surface area contributed by atoms with Crippen molar-refractivity contribution in [1.29, 1.82) is 5.26 Å². The second-order valence-electron chi connectivity index (χ2n) is 4.28. The molecule has 0 unspecified atom stereocenters. The number of benzene rings is 2. The van der Waals surface area contributed by atoms with E-state index in [9.17, 15) is 0 Å². The minimum atomic E-state index is 0.479. The molecule has 0 aliphatic carbocycles. The minimum Gasteiger partial charge on any atom is -0.198 e. The lowest BCUT2D eigenvalue weighted by molar-refractivity contribution is 1.26. The van der Waals surface area contributed by atoms with Crippen molar-refractivity contribution < 1.29 is 0 Å². The predicted octanol–water partition coefficient (Wildman–Crippen LogP) is 4.04. The molecule has 0 N–H and O–H groups in total. The van der Waals surface area contributed by atoms with Crippen LogP contribution in [0.5, 0.6) is 0 Å². The maximum absolute atomic E-state index is 8.64. The minimum absolute atomic E-state index is 0.479. The number of nitriles is 1. The van der Waals surface area contributed by atoms with E-state index in [0.29, 0.717) is 6.42 Å². The van der Waals surface area contributed by atoms with E-state index in [0.717, 1.165) is 5.56 Å². The maximum atomic E-state index is 8.64. The van der Waals surface area contributed by atoms with Crippen molar-refractivity contribution in [2.75, 3.05) is 0 Å².